The zero-order valence-corrected chi connectivity index (χ0v) is 11.5. The highest BCUT2D eigenvalue weighted by Gasteiger charge is 2.24. The topological polar surface area (TPSA) is 60.9 Å². The number of aromatic nitrogens is 2. The summed E-state index contributed by atoms with van der Waals surface area (Å²) in [6.45, 7) is 2.67. The zero-order chi connectivity index (χ0) is 13.1. The molecule has 18 heavy (non-hydrogen) atoms. The fourth-order valence-corrected chi connectivity index (χ4v) is 2.69. The van der Waals surface area contributed by atoms with Gasteiger partial charge in [0.2, 0.25) is 5.78 Å². The Kier molecular flexibility index (Phi) is 4.16. The highest BCUT2D eigenvalue weighted by atomic mass is 35.5. The summed E-state index contributed by atoms with van der Waals surface area (Å²) in [7, 11) is 0. The van der Waals surface area contributed by atoms with Crippen LogP contribution in [0.4, 0.5) is 0 Å². The predicted octanol–water partition coefficient (Wildman–Crippen LogP) is 2.89. The molecule has 0 bridgehead atoms. The monoisotopic (exact) mass is 283 g/mol. The number of ketones is 1. The van der Waals surface area contributed by atoms with E-state index in [9.17, 15) is 4.79 Å². The lowest BCUT2D eigenvalue weighted by atomic mass is 10.1. The summed E-state index contributed by atoms with van der Waals surface area (Å²) in [4.78, 5) is 13.2. The molecule has 0 radical (unpaired) electrons. The number of thiophene rings is 1. The van der Waals surface area contributed by atoms with Gasteiger partial charge in [-0.25, -0.2) is 0 Å². The molecule has 0 saturated heterocycles. The Balaban J connectivity index is 2.31. The quantitative estimate of drug-likeness (QED) is 0.858. The number of aryl methyl sites for hydroxylation is 1. The molecular weight excluding hydrogens is 270 g/mol. The standard InChI is InChI=1S/C12H14ClN3OS/c1-2-5-16-11(8(13)7-15-16)12(17)10(14)9-4-3-6-18-9/h3-4,6-7,10H,2,5,14H2,1H3. The van der Waals surface area contributed by atoms with Crippen LogP contribution in [0.5, 0.6) is 0 Å². The molecule has 0 aliphatic heterocycles. The van der Waals surface area contributed by atoms with Gasteiger partial charge >= 0.3 is 0 Å². The fraction of sp³-hybridized carbons (Fsp3) is 0.333. The molecule has 6 heteroatoms. The number of hydrogen-bond acceptors (Lipinski definition) is 4. The summed E-state index contributed by atoms with van der Waals surface area (Å²) in [6.07, 6.45) is 2.37. The molecule has 2 rings (SSSR count). The SMILES string of the molecule is CCCn1ncc(Cl)c1C(=O)C(N)c1cccs1. The molecule has 0 aromatic carbocycles. The Morgan fingerprint density at radius 2 is 2.44 bits per heavy atom. The van der Waals surface area contributed by atoms with Crippen LogP contribution in [-0.2, 0) is 6.54 Å². The molecule has 0 fully saturated rings. The smallest absolute Gasteiger partial charge is 0.204 e. The lowest BCUT2D eigenvalue weighted by Crippen LogP contribution is -2.24. The van der Waals surface area contributed by atoms with Crippen molar-refractivity contribution in [3.63, 3.8) is 0 Å². The van der Waals surface area contributed by atoms with Crippen LogP contribution in [0.3, 0.4) is 0 Å². The van der Waals surface area contributed by atoms with Crippen molar-refractivity contribution in [1.29, 1.82) is 0 Å². The van der Waals surface area contributed by atoms with Crippen LogP contribution >= 0.6 is 22.9 Å². The highest BCUT2D eigenvalue weighted by Crippen LogP contribution is 2.24. The van der Waals surface area contributed by atoms with E-state index in [1.165, 1.54) is 17.5 Å². The number of rotatable bonds is 5. The average Bonchev–Trinajstić information content (AvgIpc) is 2.98. The van der Waals surface area contributed by atoms with E-state index >= 15 is 0 Å². The van der Waals surface area contributed by atoms with Gasteiger partial charge in [-0.1, -0.05) is 24.6 Å². The van der Waals surface area contributed by atoms with Crippen molar-refractivity contribution >= 4 is 28.7 Å². The third-order valence-corrected chi connectivity index (χ3v) is 3.83. The van der Waals surface area contributed by atoms with Crippen LogP contribution in [0, 0.1) is 0 Å². The second-order valence-corrected chi connectivity index (χ2v) is 5.31. The highest BCUT2D eigenvalue weighted by molar-refractivity contribution is 7.10. The third-order valence-electron chi connectivity index (χ3n) is 2.60. The number of nitrogens with zero attached hydrogens (tertiary/aromatic N) is 2. The molecule has 1 atom stereocenters. The first-order chi connectivity index (χ1) is 8.65. The van der Waals surface area contributed by atoms with Gasteiger partial charge < -0.3 is 5.73 Å². The Morgan fingerprint density at radius 1 is 1.67 bits per heavy atom. The minimum absolute atomic E-state index is 0.187. The molecule has 0 saturated carbocycles. The van der Waals surface area contributed by atoms with Crippen molar-refractivity contribution in [1.82, 2.24) is 9.78 Å². The van der Waals surface area contributed by atoms with Gasteiger partial charge in [-0.2, -0.15) is 5.10 Å². The molecule has 1 unspecified atom stereocenters. The normalized spacial score (nSPS) is 12.6. The number of halogens is 1. The van der Waals surface area contributed by atoms with E-state index < -0.39 is 6.04 Å². The molecule has 0 aliphatic carbocycles. The van der Waals surface area contributed by atoms with Crippen molar-refractivity contribution in [3.8, 4) is 0 Å². The zero-order valence-electron chi connectivity index (χ0n) is 9.97. The van der Waals surface area contributed by atoms with E-state index in [2.05, 4.69) is 5.10 Å². The third kappa shape index (κ3) is 2.48. The second-order valence-electron chi connectivity index (χ2n) is 3.92. The first-order valence-corrected chi connectivity index (χ1v) is 6.95. The van der Waals surface area contributed by atoms with Gasteiger partial charge in [-0.15, -0.1) is 11.3 Å². The first-order valence-electron chi connectivity index (χ1n) is 5.69. The number of carbonyl (C=O) groups is 1. The maximum absolute atomic E-state index is 12.4. The van der Waals surface area contributed by atoms with Gasteiger partial charge in [0, 0.05) is 11.4 Å². The van der Waals surface area contributed by atoms with Crippen molar-refractivity contribution in [2.75, 3.05) is 0 Å². The van der Waals surface area contributed by atoms with E-state index in [4.69, 9.17) is 17.3 Å². The van der Waals surface area contributed by atoms with E-state index in [-0.39, 0.29) is 5.78 Å². The van der Waals surface area contributed by atoms with Gasteiger partial charge in [0.05, 0.1) is 11.2 Å². The molecule has 4 nitrogen and oxygen atoms in total. The van der Waals surface area contributed by atoms with Gasteiger partial charge in [-0.3, -0.25) is 9.48 Å². The molecule has 2 aromatic heterocycles. The van der Waals surface area contributed by atoms with Crippen LogP contribution < -0.4 is 5.73 Å². The number of nitrogens with two attached hydrogens (primary N) is 1. The Bertz CT molecular complexity index is 536. The fourth-order valence-electron chi connectivity index (χ4n) is 1.73. The summed E-state index contributed by atoms with van der Waals surface area (Å²) in [5, 5.41) is 6.36. The van der Waals surface area contributed by atoms with Crippen molar-refractivity contribution in [2.24, 2.45) is 5.73 Å². The lowest BCUT2D eigenvalue weighted by molar-refractivity contribution is 0.0952. The Morgan fingerprint density at radius 3 is 3.06 bits per heavy atom. The molecule has 0 amide bonds. The van der Waals surface area contributed by atoms with Gasteiger partial charge in [0.15, 0.2) is 0 Å². The van der Waals surface area contributed by atoms with E-state index in [0.717, 1.165) is 11.3 Å². The summed E-state index contributed by atoms with van der Waals surface area (Å²) < 4.78 is 1.62. The van der Waals surface area contributed by atoms with Crippen LogP contribution in [0.2, 0.25) is 5.02 Å². The number of hydrogen-bond donors (Lipinski definition) is 1. The van der Waals surface area contributed by atoms with E-state index in [1.54, 1.807) is 4.68 Å². The van der Waals surface area contributed by atoms with E-state index in [1.807, 2.05) is 24.4 Å². The largest absolute Gasteiger partial charge is 0.317 e. The Hall–Kier alpha value is -1.17. The minimum atomic E-state index is -0.671. The summed E-state index contributed by atoms with van der Waals surface area (Å²) >= 11 is 7.49. The maximum Gasteiger partial charge on any atom is 0.204 e. The van der Waals surface area contributed by atoms with Gasteiger partial charge in [-0.05, 0) is 17.9 Å². The molecule has 2 aromatic rings. The van der Waals surface area contributed by atoms with E-state index in [0.29, 0.717) is 17.3 Å². The molecule has 2 N–H and O–H groups in total. The second kappa shape index (κ2) is 5.65. The van der Waals surface area contributed by atoms with Gasteiger partial charge in [0.1, 0.15) is 11.7 Å². The summed E-state index contributed by atoms with van der Waals surface area (Å²) in [5.74, 6) is -0.187. The number of carbonyl (C=O) groups excluding carboxylic acids is 1. The summed E-state index contributed by atoms with van der Waals surface area (Å²) in [5.41, 5.74) is 6.37. The molecular formula is C12H14ClN3OS. The average molecular weight is 284 g/mol. The van der Waals surface area contributed by atoms with Crippen molar-refractivity contribution in [3.05, 3.63) is 39.3 Å². The Labute approximate surface area is 114 Å². The van der Waals surface area contributed by atoms with Crippen LogP contribution in [0.1, 0.15) is 34.8 Å². The van der Waals surface area contributed by atoms with Gasteiger partial charge in [0.25, 0.3) is 0 Å². The number of Topliss-reactive ketones (excluding diaryl/α,β-unsaturated/α-hetero) is 1. The minimum Gasteiger partial charge on any atom is -0.317 e. The summed E-state index contributed by atoms with van der Waals surface area (Å²) in [6, 6.07) is 3.05. The predicted molar refractivity (Wildman–Crippen MR) is 73.1 cm³/mol. The van der Waals surface area contributed by atoms with Crippen LogP contribution in [0.15, 0.2) is 23.7 Å². The van der Waals surface area contributed by atoms with Crippen molar-refractivity contribution in [2.45, 2.75) is 25.9 Å². The van der Waals surface area contributed by atoms with Crippen molar-refractivity contribution < 1.29 is 4.79 Å². The molecule has 0 aliphatic rings. The first kappa shape index (κ1) is 13.3. The molecule has 0 spiro atoms. The molecule has 2 heterocycles. The lowest BCUT2D eigenvalue weighted by Gasteiger charge is -2.10. The van der Waals surface area contributed by atoms with Crippen LogP contribution in [-0.4, -0.2) is 15.6 Å². The van der Waals surface area contributed by atoms with Crippen LogP contribution in [0.25, 0.3) is 0 Å². The molecule has 96 valence electrons. The maximum atomic E-state index is 12.4.